The molecule has 1 aromatic rings. The summed E-state index contributed by atoms with van der Waals surface area (Å²) in [6, 6.07) is 4.59. The number of hydrogen-bond acceptors (Lipinski definition) is 3. The summed E-state index contributed by atoms with van der Waals surface area (Å²) in [5, 5.41) is 14.0. The van der Waals surface area contributed by atoms with E-state index in [0.29, 0.717) is 5.56 Å². The van der Waals surface area contributed by atoms with Gasteiger partial charge in [0.1, 0.15) is 5.82 Å². The molecule has 13 heavy (non-hydrogen) atoms. The molecule has 0 atom stereocenters. The summed E-state index contributed by atoms with van der Waals surface area (Å²) in [5.74, 6) is -0.660. The third-order valence-electron chi connectivity index (χ3n) is 1.32. The Bertz CT molecular complexity index is 334. The maximum Gasteiger partial charge on any atom is 0.285 e. The predicted octanol–water partition coefficient (Wildman–Crippen LogP) is 1.06. The number of benzene rings is 1. The van der Waals surface area contributed by atoms with E-state index in [1.54, 1.807) is 0 Å². The van der Waals surface area contributed by atoms with Gasteiger partial charge >= 0.3 is 0 Å². The van der Waals surface area contributed by atoms with Gasteiger partial charge in [-0.1, -0.05) is 0 Å². The largest absolute Gasteiger partial charge is 0.407 e. The Hall–Kier alpha value is -1.91. The topological polar surface area (TPSA) is 83.0 Å². The molecule has 0 unspecified atom stereocenters. The van der Waals surface area contributed by atoms with Gasteiger partial charge in [-0.05, 0) is 24.3 Å². The van der Waals surface area contributed by atoms with Gasteiger partial charge in [-0.3, -0.25) is 10.8 Å². The Morgan fingerprint density at radius 2 is 1.77 bits per heavy atom. The fourth-order valence-electron chi connectivity index (χ4n) is 0.770. The Balaban J connectivity index is 2.78. The van der Waals surface area contributed by atoms with Crippen LogP contribution in [-0.4, -0.2) is 11.9 Å². The summed E-state index contributed by atoms with van der Waals surface area (Å²) in [6.45, 7) is 0. The molecule has 0 saturated heterocycles. The molecule has 0 aliphatic heterocycles. The summed E-state index contributed by atoms with van der Waals surface area (Å²) >= 11 is 0. The van der Waals surface area contributed by atoms with Crippen molar-refractivity contribution < 1.29 is 9.13 Å². The van der Waals surface area contributed by atoms with Gasteiger partial charge in [0.05, 0.1) is 0 Å². The van der Waals surface area contributed by atoms with Crippen molar-refractivity contribution in [3.63, 3.8) is 0 Å². The highest BCUT2D eigenvalue weighted by molar-refractivity contribution is 5.98. The third-order valence-corrected chi connectivity index (χ3v) is 1.32. The maximum absolute atomic E-state index is 12.4. The van der Waals surface area contributed by atoms with Crippen molar-refractivity contribution in [1.82, 2.24) is 0 Å². The van der Waals surface area contributed by atoms with Gasteiger partial charge in [0, 0.05) is 5.56 Å². The van der Waals surface area contributed by atoms with E-state index in [1.165, 1.54) is 24.3 Å². The first-order valence-corrected chi connectivity index (χ1v) is 3.46. The van der Waals surface area contributed by atoms with Crippen molar-refractivity contribution in [3.05, 3.63) is 35.6 Å². The number of amidine groups is 1. The van der Waals surface area contributed by atoms with Crippen LogP contribution in [0.3, 0.4) is 0 Å². The molecule has 0 aromatic heterocycles. The lowest BCUT2D eigenvalue weighted by molar-refractivity contribution is 0.527. The van der Waals surface area contributed by atoms with E-state index >= 15 is 0 Å². The summed E-state index contributed by atoms with van der Waals surface area (Å²) in [6.07, 6.45) is 0. The normalized spacial score (nSPS) is 9.31. The van der Waals surface area contributed by atoms with E-state index in [2.05, 4.69) is 4.74 Å². The zero-order valence-electron chi connectivity index (χ0n) is 6.67. The Morgan fingerprint density at radius 1 is 1.23 bits per heavy atom. The van der Waals surface area contributed by atoms with Crippen molar-refractivity contribution in [1.29, 1.82) is 10.8 Å². The molecule has 4 N–H and O–H groups in total. The monoisotopic (exact) mass is 181 g/mol. The average molecular weight is 181 g/mol. The molecule has 0 bridgehead atoms. The molecule has 1 rings (SSSR count). The number of halogens is 1. The highest BCUT2D eigenvalue weighted by Crippen LogP contribution is 2.03. The van der Waals surface area contributed by atoms with Gasteiger partial charge in [-0.25, -0.2) is 4.39 Å². The van der Waals surface area contributed by atoms with E-state index in [4.69, 9.17) is 16.6 Å². The first kappa shape index (κ1) is 9.18. The molecule has 68 valence electrons. The van der Waals surface area contributed by atoms with Gasteiger partial charge in [-0.15, -0.1) is 0 Å². The smallest absolute Gasteiger partial charge is 0.285 e. The summed E-state index contributed by atoms with van der Waals surface area (Å²) in [7, 11) is 0. The number of ether oxygens (including phenoxy) is 1. The van der Waals surface area contributed by atoms with Crippen LogP contribution in [-0.2, 0) is 4.74 Å². The van der Waals surface area contributed by atoms with E-state index in [9.17, 15) is 4.39 Å². The molecule has 1 aromatic carbocycles. The third kappa shape index (κ3) is 2.55. The average Bonchev–Trinajstić information content (AvgIpc) is 2.04. The summed E-state index contributed by atoms with van der Waals surface area (Å²) in [5.41, 5.74) is 5.28. The molecule has 0 fully saturated rings. The number of hydrogen-bond donors (Lipinski definition) is 3. The number of nitrogens with one attached hydrogen (secondary N) is 2. The minimum absolute atomic E-state index is 0.271. The zero-order valence-corrected chi connectivity index (χ0v) is 6.67. The molecule has 0 radical (unpaired) electrons. The van der Waals surface area contributed by atoms with Crippen LogP contribution in [0.25, 0.3) is 0 Å². The van der Waals surface area contributed by atoms with Crippen LogP contribution in [0.5, 0.6) is 0 Å². The number of rotatable bonds is 1. The molecule has 0 amide bonds. The van der Waals surface area contributed by atoms with Crippen LogP contribution in [0.4, 0.5) is 4.39 Å². The van der Waals surface area contributed by atoms with Gasteiger partial charge in [0.15, 0.2) is 0 Å². The van der Waals surface area contributed by atoms with Crippen molar-refractivity contribution >= 4 is 11.9 Å². The van der Waals surface area contributed by atoms with E-state index in [0.717, 1.165) is 0 Å². The second-order valence-electron chi connectivity index (χ2n) is 2.30. The van der Waals surface area contributed by atoms with Crippen LogP contribution in [0, 0.1) is 16.6 Å². The van der Waals surface area contributed by atoms with Crippen LogP contribution in [0.1, 0.15) is 5.56 Å². The molecular formula is C8H8FN3O. The van der Waals surface area contributed by atoms with Crippen molar-refractivity contribution in [2.45, 2.75) is 0 Å². The SMILES string of the molecule is N=C(N)OC(=N)c1ccc(F)cc1. The molecule has 0 aliphatic carbocycles. The molecular weight excluding hydrogens is 173 g/mol. The Morgan fingerprint density at radius 3 is 2.23 bits per heavy atom. The first-order chi connectivity index (χ1) is 6.09. The quantitative estimate of drug-likeness (QED) is 0.447. The van der Waals surface area contributed by atoms with E-state index in [-0.39, 0.29) is 11.7 Å². The molecule has 4 nitrogen and oxygen atoms in total. The van der Waals surface area contributed by atoms with Crippen molar-refractivity contribution in [2.24, 2.45) is 5.73 Å². The van der Waals surface area contributed by atoms with Crippen LogP contribution in [0.15, 0.2) is 24.3 Å². The first-order valence-electron chi connectivity index (χ1n) is 3.46. The molecule has 0 saturated carbocycles. The predicted molar refractivity (Wildman–Crippen MR) is 46.2 cm³/mol. The van der Waals surface area contributed by atoms with Crippen LogP contribution in [0.2, 0.25) is 0 Å². The second-order valence-corrected chi connectivity index (χ2v) is 2.30. The van der Waals surface area contributed by atoms with Crippen LogP contribution < -0.4 is 5.73 Å². The van der Waals surface area contributed by atoms with E-state index in [1.807, 2.05) is 0 Å². The highest BCUT2D eigenvalue weighted by atomic mass is 19.1. The standard InChI is InChI=1S/C8H8FN3O/c9-6-3-1-5(2-4-6)7(10)13-8(11)12/h1-4,10H,(H3,11,12). The molecule has 5 heteroatoms. The van der Waals surface area contributed by atoms with Gasteiger partial charge in [0.2, 0.25) is 5.90 Å². The fourth-order valence-corrected chi connectivity index (χ4v) is 0.770. The maximum atomic E-state index is 12.4. The van der Waals surface area contributed by atoms with Gasteiger partial charge in [-0.2, -0.15) is 0 Å². The summed E-state index contributed by atoms with van der Waals surface area (Å²) < 4.78 is 16.9. The zero-order chi connectivity index (χ0) is 9.84. The second kappa shape index (κ2) is 3.66. The van der Waals surface area contributed by atoms with E-state index < -0.39 is 6.02 Å². The van der Waals surface area contributed by atoms with Gasteiger partial charge in [0.25, 0.3) is 6.02 Å². The number of nitrogens with two attached hydrogens (primary N) is 1. The van der Waals surface area contributed by atoms with Gasteiger partial charge < -0.3 is 10.5 Å². The van der Waals surface area contributed by atoms with Crippen molar-refractivity contribution in [2.75, 3.05) is 0 Å². The molecule has 0 heterocycles. The highest BCUT2D eigenvalue weighted by Gasteiger charge is 2.03. The molecule has 0 spiro atoms. The Labute approximate surface area is 74.2 Å². The minimum Gasteiger partial charge on any atom is -0.407 e. The lowest BCUT2D eigenvalue weighted by Gasteiger charge is -2.03. The van der Waals surface area contributed by atoms with Crippen molar-refractivity contribution in [3.8, 4) is 0 Å². The Kier molecular flexibility index (Phi) is 2.59. The lowest BCUT2D eigenvalue weighted by Crippen LogP contribution is -2.19. The lowest BCUT2D eigenvalue weighted by atomic mass is 10.2. The minimum atomic E-state index is -0.561. The summed E-state index contributed by atoms with van der Waals surface area (Å²) in [4.78, 5) is 0. The fraction of sp³-hybridized carbons (Fsp3) is 0. The molecule has 0 aliphatic rings. The van der Waals surface area contributed by atoms with Crippen LogP contribution >= 0.6 is 0 Å².